The number of sulfone groups is 1. The second-order valence-corrected chi connectivity index (χ2v) is 7.39. The second-order valence-electron chi connectivity index (χ2n) is 5.21. The molecule has 1 aliphatic rings. The number of anilines is 1. The van der Waals surface area contributed by atoms with Gasteiger partial charge in [-0.05, 0) is 37.3 Å². The number of hydrogen-bond acceptors (Lipinski definition) is 4. The summed E-state index contributed by atoms with van der Waals surface area (Å²) in [4.78, 5) is 6.38. The van der Waals surface area contributed by atoms with E-state index in [9.17, 15) is 8.42 Å². The average molecular weight is 268 g/mol. The van der Waals surface area contributed by atoms with Crippen molar-refractivity contribution in [3.63, 3.8) is 0 Å². The first-order valence-corrected chi connectivity index (χ1v) is 8.35. The molecule has 0 aromatic carbocycles. The quantitative estimate of drug-likeness (QED) is 0.836. The standard InChI is InChI=1S/C13H20N2O2S/c1-11-8-14-6-5-13(11)15-7-3-4-12(9-15)10-18(2,16)17/h5-6,8,12H,3-4,7,9-10H2,1-2H3/t12-/m0/s1. The Morgan fingerprint density at radius 2 is 2.28 bits per heavy atom. The van der Waals surface area contributed by atoms with E-state index in [1.807, 2.05) is 19.2 Å². The maximum absolute atomic E-state index is 11.4. The first kappa shape index (κ1) is 13.3. The van der Waals surface area contributed by atoms with Crippen LogP contribution in [-0.4, -0.2) is 38.5 Å². The van der Waals surface area contributed by atoms with E-state index in [-0.39, 0.29) is 5.92 Å². The van der Waals surface area contributed by atoms with Crippen molar-refractivity contribution in [2.75, 3.05) is 30.0 Å². The minimum atomic E-state index is -2.88. The monoisotopic (exact) mass is 268 g/mol. The van der Waals surface area contributed by atoms with E-state index in [2.05, 4.69) is 9.88 Å². The van der Waals surface area contributed by atoms with E-state index in [4.69, 9.17) is 0 Å². The Kier molecular flexibility index (Phi) is 3.90. The lowest BCUT2D eigenvalue weighted by atomic mass is 9.99. The molecule has 1 fully saturated rings. The number of rotatable bonds is 3. The predicted molar refractivity (Wildman–Crippen MR) is 73.6 cm³/mol. The van der Waals surface area contributed by atoms with Crippen LogP contribution in [0.5, 0.6) is 0 Å². The fourth-order valence-corrected chi connectivity index (χ4v) is 3.80. The van der Waals surface area contributed by atoms with E-state index >= 15 is 0 Å². The number of hydrogen-bond donors (Lipinski definition) is 0. The van der Waals surface area contributed by atoms with Gasteiger partial charge < -0.3 is 4.90 Å². The molecule has 100 valence electrons. The molecule has 0 aliphatic carbocycles. The molecule has 0 saturated carbocycles. The fraction of sp³-hybridized carbons (Fsp3) is 0.615. The summed E-state index contributed by atoms with van der Waals surface area (Å²) in [6.07, 6.45) is 7.04. The SMILES string of the molecule is Cc1cnccc1N1CCC[C@H](CS(C)(=O)=O)C1. The van der Waals surface area contributed by atoms with Crippen molar-refractivity contribution in [2.24, 2.45) is 5.92 Å². The fourth-order valence-electron chi connectivity index (χ4n) is 2.67. The first-order valence-electron chi connectivity index (χ1n) is 6.29. The van der Waals surface area contributed by atoms with Gasteiger partial charge in [-0.25, -0.2) is 8.42 Å². The third-order valence-corrected chi connectivity index (χ3v) is 4.47. The summed E-state index contributed by atoms with van der Waals surface area (Å²) >= 11 is 0. The third kappa shape index (κ3) is 3.45. The number of nitrogens with zero attached hydrogens (tertiary/aromatic N) is 2. The van der Waals surface area contributed by atoms with Gasteiger partial charge in [0, 0.05) is 37.4 Å². The Bertz CT molecular complexity index is 513. The molecule has 5 heteroatoms. The van der Waals surface area contributed by atoms with E-state index in [0.29, 0.717) is 5.75 Å². The smallest absolute Gasteiger partial charge is 0.147 e. The maximum atomic E-state index is 11.4. The molecule has 0 amide bonds. The minimum Gasteiger partial charge on any atom is -0.371 e. The molecule has 18 heavy (non-hydrogen) atoms. The molecule has 2 heterocycles. The minimum absolute atomic E-state index is 0.251. The summed E-state index contributed by atoms with van der Waals surface area (Å²) in [6.45, 7) is 3.88. The second kappa shape index (κ2) is 5.26. The molecule has 2 rings (SSSR count). The van der Waals surface area contributed by atoms with E-state index in [0.717, 1.165) is 31.5 Å². The molecule has 0 N–H and O–H groups in total. The van der Waals surface area contributed by atoms with Gasteiger partial charge in [-0.1, -0.05) is 0 Å². The summed E-state index contributed by atoms with van der Waals surface area (Å²) in [5, 5.41) is 0. The van der Waals surface area contributed by atoms with Crippen molar-refractivity contribution in [2.45, 2.75) is 19.8 Å². The third-order valence-electron chi connectivity index (χ3n) is 3.39. The van der Waals surface area contributed by atoms with Gasteiger partial charge in [0.05, 0.1) is 5.75 Å². The summed E-state index contributed by atoms with van der Waals surface area (Å²) in [6, 6.07) is 2.01. The molecule has 1 aromatic rings. The lowest BCUT2D eigenvalue weighted by Gasteiger charge is -2.34. The van der Waals surface area contributed by atoms with Gasteiger partial charge in [0.25, 0.3) is 0 Å². The lowest BCUT2D eigenvalue weighted by molar-refractivity contribution is 0.444. The molecule has 1 aliphatic heterocycles. The van der Waals surface area contributed by atoms with Gasteiger partial charge in [-0.2, -0.15) is 0 Å². The summed E-state index contributed by atoms with van der Waals surface area (Å²) in [7, 11) is -2.88. The van der Waals surface area contributed by atoms with Crippen molar-refractivity contribution in [3.05, 3.63) is 24.0 Å². The van der Waals surface area contributed by atoms with Crippen LogP contribution in [0.2, 0.25) is 0 Å². The van der Waals surface area contributed by atoms with Crippen LogP contribution in [-0.2, 0) is 9.84 Å². The molecule has 4 nitrogen and oxygen atoms in total. The molecular weight excluding hydrogens is 248 g/mol. The molecule has 0 radical (unpaired) electrons. The molecule has 1 saturated heterocycles. The topological polar surface area (TPSA) is 50.3 Å². The van der Waals surface area contributed by atoms with Crippen LogP contribution in [0.25, 0.3) is 0 Å². The van der Waals surface area contributed by atoms with Crippen molar-refractivity contribution in [3.8, 4) is 0 Å². The highest BCUT2D eigenvalue weighted by Gasteiger charge is 2.23. The van der Waals surface area contributed by atoms with Crippen LogP contribution in [0.3, 0.4) is 0 Å². The maximum Gasteiger partial charge on any atom is 0.147 e. The highest BCUT2D eigenvalue weighted by atomic mass is 32.2. The predicted octanol–water partition coefficient (Wildman–Crippen LogP) is 1.65. The number of aryl methyl sites for hydroxylation is 1. The molecule has 1 atom stereocenters. The molecule has 0 unspecified atom stereocenters. The summed E-state index contributed by atoms with van der Waals surface area (Å²) in [5.74, 6) is 0.550. The number of aromatic nitrogens is 1. The number of piperidine rings is 1. The highest BCUT2D eigenvalue weighted by molar-refractivity contribution is 7.90. The normalized spacial score (nSPS) is 21.0. The largest absolute Gasteiger partial charge is 0.371 e. The Labute approximate surface area is 109 Å². The Hall–Kier alpha value is -1.10. The van der Waals surface area contributed by atoms with Crippen molar-refractivity contribution in [1.29, 1.82) is 0 Å². The van der Waals surface area contributed by atoms with E-state index in [1.165, 1.54) is 11.9 Å². The van der Waals surface area contributed by atoms with E-state index in [1.54, 1.807) is 6.20 Å². The van der Waals surface area contributed by atoms with Gasteiger partial charge in [-0.3, -0.25) is 4.98 Å². The Morgan fingerprint density at radius 3 is 2.94 bits per heavy atom. The number of pyridine rings is 1. The molecule has 1 aromatic heterocycles. The van der Waals surface area contributed by atoms with Crippen LogP contribution >= 0.6 is 0 Å². The van der Waals surface area contributed by atoms with Gasteiger partial charge in [-0.15, -0.1) is 0 Å². The van der Waals surface area contributed by atoms with Crippen molar-refractivity contribution < 1.29 is 8.42 Å². The van der Waals surface area contributed by atoms with Crippen molar-refractivity contribution >= 4 is 15.5 Å². The zero-order valence-electron chi connectivity index (χ0n) is 11.0. The zero-order valence-corrected chi connectivity index (χ0v) is 11.8. The Balaban J connectivity index is 2.10. The average Bonchev–Trinajstić information content (AvgIpc) is 2.27. The van der Waals surface area contributed by atoms with E-state index < -0.39 is 9.84 Å². The van der Waals surface area contributed by atoms with Gasteiger partial charge in [0.15, 0.2) is 0 Å². The highest BCUT2D eigenvalue weighted by Crippen LogP contribution is 2.25. The zero-order chi connectivity index (χ0) is 13.2. The summed E-state index contributed by atoms with van der Waals surface area (Å²) in [5.41, 5.74) is 2.33. The van der Waals surface area contributed by atoms with Crippen LogP contribution in [0.15, 0.2) is 18.5 Å². The summed E-state index contributed by atoms with van der Waals surface area (Å²) < 4.78 is 22.8. The van der Waals surface area contributed by atoms with Gasteiger partial charge in [0.1, 0.15) is 9.84 Å². The van der Waals surface area contributed by atoms with Gasteiger partial charge >= 0.3 is 0 Å². The molecule has 0 bridgehead atoms. The Morgan fingerprint density at radius 1 is 1.50 bits per heavy atom. The lowest BCUT2D eigenvalue weighted by Crippen LogP contribution is -2.38. The van der Waals surface area contributed by atoms with Gasteiger partial charge in [0.2, 0.25) is 0 Å². The van der Waals surface area contributed by atoms with Crippen LogP contribution < -0.4 is 4.90 Å². The van der Waals surface area contributed by atoms with Crippen LogP contribution in [0, 0.1) is 12.8 Å². The molecule has 0 spiro atoms. The van der Waals surface area contributed by atoms with Crippen LogP contribution in [0.1, 0.15) is 18.4 Å². The first-order chi connectivity index (χ1) is 8.46. The van der Waals surface area contributed by atoms with Crippen molar-refractivity contribution in [1.82, 2.24) is 4.98 Å². The molecular formula is C13H20N2O2S. The van der Waals surface area contributed by atoms with Crippen LogP contribution in [0.4, 0.5) is 5.69 Å².